The fraction of sp³-hybridized carbons (Fsp3) is 0.333. The van der Waals surface area contributed by atoms with Crippen LogP contribution in [-0.2, 0) is 16.0 Å². The second-order valence-electron chi connectivity index (χ2n) is 5.81. The summed E-state index contributed by atoms with van der Waals surface area (Å²) in [6.45, 7) is 3.43. The number of hydrogen-bond donors (Lipinski definition) is 0. The van der Waals surface area contributed by atoms with Gasteiger partial charge in [0, 0.05) is 5.69 Å². The number of nitrogens with zero attached hydrogens (tertiary/aromatic N) is 2. The van der Waals surface area contributed by atoms with Gasteiger partial charge >= 0.3 is 0 Å². The van der Waals surface area contributed by atoms with Crippen molar-refractivity contribution >= 4 is 11.6 Å². The van der Waals surface area contributed by atoms with E-state index in [1.165, 1.54) is 5.56 Å². The molecule has 3 heterocycles. The van der Waals surface area contributed by atoms with E-state index in [9.17, 15) is 4.79 Å². The first-order chi connectivity index (χ1) is 11.2. The molecule has 0 saturated carbocycles. The molecule has 0 radical (unpaired) electrons. The van der Waals surface area contributed by atoms with Crippen molar-refractivity contribution in [2.75, 3.05) is 24.7 Å². The lowest BCUT2D eigenvalue weighted by molar-refractivity contribution is -0.131. The highest BCUT2D eigenvalue weighted by atomic mass is 16.5. The van der Waals surface area contributed by atoms with Gasteiger partial charge in [-0.25, -0.2) is 4.98 Å². The van der Waals surface area contributed by atoms with Crippen molar-refractivity contribution in [3.63, 3.8) is 0 Å². The largest absolute Gasteiger partial charge is 0.474 e. The van der Waals surface area contributed by atoms with Crippen LogP contribution in [0.1, 0.15) is 22.9 Å². The molecular formula is C18H18N2O3. The highest BCUT2D eigenvalue weighted by Crippen LogP contribution is 2.34. The van der Waals surface area contributed by atoms with E-state index in [1.54, 1.807) is 4.90 Å². The fourth-order valence-corrected chi connectivity index (χ4v) is 3.16. The molecule has 0 spiro atoms. The summed E-state index contributed by atoms with van der Waals surface area (Å²) in [5, 5.41) is 0. The molecule has 5 nitrogen and oxygen atoms in total. The molecule has 0 fully saturated rings. The van der Waals surface area contributed by atoms with E-state index in [1.807, 2.05) is 37.3 Å². The van der Waals surface area contributed by atoms with E-state index < -0.39 is 6.10 Å². The number of benzene rings is 1. The summed E-state index contributed by atoms with van der Waals surface area (Å²) in [7, 11) is 0. The highest BCUT2D eigenvalue weighted by Gasteiger charge is 2.34. The second kappa shape index (κ2) is 5.66. The quantitative estimate of drug-likeness (QED) is 0.812. The average molecular weight is 310 g/mol. The summed E-state index contributed by atoms with van der Waals surface area (Å²) >= 11 is 0. The van der Waals surface area contributed by atoms with Crippen LogP contribution >= 0.6 is 0 Å². The van der Waals surface area contributed by atoms with Crippen LogP contribution in [0.5, 0.6) is 5.88 Å². The fourth-order valence-electron chi connectivity index (χ4n) is 3.16. The zero-order chi connectivity index (χ0) is 15.8. The van der Waals surface area contributed by atoms with Crippen LogP contribution in [0.4, 0.5) is 5.69 Å². The van der Waals surface area contributed by atoms with Crippen molar-refractivity contribution in [1.29, 1.82) is 0 Å². The Hall–Kier alpha value is -2.40. The lowest BCUT2D eigenvalue weighted by Crippen LogP contribution is -2.42. The molecule has 0 bridgehead atoms. The topological polar surface area (TPSA) is 51.7 Å². The second-order valence-corrected chi connectivity index (χ2v) is 5.81. The molecule has 0 unspecified atom stereocenters. The molecule has 0 saturated heterocycles. The number of carbonyl (C=O) groups is 1. The summed E-state index contributed by atoms with van der Waals surface area (Å²) in [5.74, 6) is 0.473. The minimum atomic E-state index is -0.549. The van der Waals surface area contributed by atoms with Gasteiger partial charge in [0.1, 0.15) is 12.3 Å². The molecule has 2 aromatic rings. The van der Waals surface area contributed by atoms with Gasteiger partial charge in [0.2, 0.25) is 5.88 Å². The summed E-state index contributed by atoms with van der Waals surface area (Å²) in [6, 6.07) is 11.8. The predicted molar refractivity (Wildman–Crippen MR) is 85.7 cm³/mol. The lowest BCUT2D eigenvalue weighted by atomic mass is 9.96. The van der Waals surface area contributed by atoms with E-state index >= 15 is 0 Å². The van der Waals surface area contributed by atoms with Gasteiger partial charge < -0.3 is 14.4 Å². The SMILES string of the molecule is Cc1ccc2c(n1)OCCN2C(=O)[C@H]1OCCc2ccccc21. The zero-order valence-corrected chi connectivity index (χ0v) is 13.0. The minimum Gasteiger partial charge on any atom is -0.474 e. The molecule has 1 aromatic carbocycles. The van der Waals surface area contributed by atoms with Gasteiger partial charge in [-0.3, -0.25) is 4.79 Å². The number of hydrogen-bond acceptors (Lipinski definition) is 4. The van der Waals surface area contributed by atoms with Crippen molar-refractivity contribution in [1.82, 2.24) is 4.98 Å². The molecule has 5 heteroatoms. The third kappa shape index (κ3) is 2.47. The van der Waals surface area contributed by atoms with Crippen LogP contribution < -0.4 is 9.64 Å². The summed E-state index contributed by atoms with van der Waals surface area (Å²) in [5.41, 5.74) is 3.75. The summed E-state index contributed by atoms with van der Waals surface area (Å²) in [6.07, 6.45) is 0.299. The number of pyridine rings is 1. The summed E-state index contributed by atoms with van der Waals surface area (Å²) < 4.78 is 11.4. The van der Waals surface area contributed by atoms with Crippen LogP contribution in [0.15, 0.2) is 36.4 Å². The van der Waals surface area contributed by atoms with E-state index in [4.69, 9.17) is 9.47 Å². The van der Waals surface area contributed by atoms with Gasteiger partial charge in [-0.15, -0.1) is 0 Å². The van der Waals surface area contributed by atoms with Crippen molar-refractivity contribution in [2.24, 2.45) is 0 Å². The Balaban J connectivity index is 1.69. The molecule has 118 valence electrons. The van der Waals surface area contributed by atoms with Gasteiger partial charge in [-0.2, -0.15) is 0 Å². The number of aryl methyl sites for hydroxylation is 1. The number of carbonyl (C=O) groups excluding carboxylic acids is 1. The van der Waals surface area contributed by atoms with Crippen molar-refractivity contribution in [3.8, 4) is 5.88 Å². The molecule has 2 aliphatic heterocycles. The molecular weight excluding hydrogens is 292 g/mol. The highest BCUT2D eigenvalue weighted by molar-refractivity contribution is 5.98. The first kappa shape index (κ1) is 14.2. The van der Waals surface area contributed by atoms with Gasteiger partial charge in [0.15, 0.2) is 6.10 Å². The maximum absolute atomic E-state index is 13.1. The third-order valence-electron chi connectivity index (χ3n) is 4.31. The minimum absolute atomic E-state index is 0.0487. The average Bonchev–Trinajstić information content (AvgIpc) is 2.60. The molecule has 0 N–H and O–H groups in total. The zero-order valence-electron chi connectivity index (χ0n) is 13.0. The van der Waals surface area contributed by atoms with Crippen LogP contribution in [0.25, 0.3) is 0 Å². The van der Waals surface area contributed by atoms with E-state index in [0.29, 0.717) is 25.6 Å². The molecule has 1 aromatic heterocycles. The summed E-state index contributed by atoms with van der Waals surface area (Å²) in [4.78, 5) is 19.2. The predicted octanol–water partition coefficient (Wildman–Crippen LogP) is 2.43. The van der Waals surface area contributed by atoms with Crippen LogP contribution in [0.3, 0.4) is 0 Å². The Labute approximate surface area is 134 Å². The molecule has 1 atom stereocenters. The van der Waals surface area contributed by atoms with E-state index in [2.05, 4.69) is 11.1 Å². The van der Waals surface area contributed by atoms with Gasteiger partial charge in [0.25, 0.3) is 5.91 Å². The normalized spacial score (nSPS) is 19.5. The maximum atomic E-state index is 13.1. The molecule has 23 heavy (non-hydrogen) atoms. The Bertz CT molecular complexity index is 760. The number of amides is 1. The number of aromatic nitrogens is 1. The van der Waals surface area contributed by atoms with Crippen LogP contribution in [-0.4, -0.2) is 30.6 Å². The number of ether oxygens (including phenoxy) is 2. The number of anilines is 1. The molecule has 1 amide bonds. The van der Waals surface area contributed by atoms with Gasteiger partial charge in [-0.05, 0) is 36.6 Å². The first-order valence-corrected chi connectivity index (χ1v) is 7.85. The third-order valence-corrected chi connectivity index (χ3v) is 4.31. The Morgan fingerprint density at radius 2 is 2.09 bits per heavy atom. The Morgan fingerprint density at radius 1 is 1.22 bits per heavy atom. The lowest BCUT2D eigenvalue weighted by Gasteiger charge is -2.33. The first-order valence-electron chi connectivity index (χ1n) is 7.85. The number of fused-ring (bicyclic) bond motifs is 2. The standard InChI is InChI=1S/C18H18N2O3/c1-12-6-7-15-17(19-12)23-11-9-20(15)18(21)16-14-5-3-2-4-13(14)8-10-22-16/h2-7,16H,8-11H2,1H3/t16-/m0/s1. The monoisotopic (exact) mass is 310 g/mol. The smallest absolute Gasteiger partial charge is 0.261 e. The van der Waals surface area contributed by atoms with Crippen molar-refractivity contribution < 1.29 is 14.3 Å². The molecule has 4 rings (SSSR count). The van der Waals surface area contributed by atoms with E-state index in [-0.39, 0.29) is 5.91 Å². The molecule has 2 aliphatic rings. The van der Waals surface area contributed by atoms with Crippen molar-refractivity contribution in [2.45, 2.75) is 19.4 Å². The van der Waals surface area contributed by atoms with E-state index in [0.717, 1.165) is 23.4 Å². The van der Waals surface area contributed by atoms with Crippen LogP contribution in [0, 0.1) is 6.92 Å². The van der Waals surface area contributed by atoms with Crippen molar-refractivity contribution in [3.05, 3.63) is 53.2 Å². The van der Waals surface area contributed by atoms with Gasteiger partial charge in [0.05, 0.1) is 13.2 Å². The van der Waals surface area contributed by atoms with Gasteiger partial charge in [-0.1, -0.05) is 24.3 Å². The maximum Gasteiger partial charge on any atom is 0.261 e. The Morgan fingerprint density at radius 3 is 3.00 bits per heavy atom. The van der Waals surface area contributed by atoms with Crippen LogP contribution in [0.2, 0.25) is 0 Å². The Kier molecular flexibility index (Phi) is 3.50. The molecule has 0 aliphatic carbocycles. The number of rotatable bonds is 1.